The molecule has 0 radical (unpaired) electrons. The number of hydrogen-bond donors (Lipinski definition) is 0. The molecule has 6 heteroatoms. The largest absolute Gasteiger partial charge is 0.346 e. The zero-order valence-electron chi connectivity index (χ0n) is 13.9. The SMILES string of the molecule is CC(C(=O)N1CCc2ccccc21)N1CCN(c2nccs2)CC1. The average Bonchev–Trinajstić information content (AvgIpc) is 3.30. The molecule has 1 aromatic carbocycles. The monoisotopic (exact) mass is 342 g/mol. The molecule has 0 saturated carbocycles. The van der Waals surface area contributed by atoms with Gasteiger partial charge < -0.3 is 9.80 Å². The van der Waals surface area contributed by atoms with Crippen molar-refractivity contribution >= 4 is 28.1 Å². The molecule has 5 nitrogen and oxygen atoms in total. The zero-order valence-corrected chi connectivity index (χ0v) is 14.7. The second kappa shape index (κ2) is 6.53. The Balaban J connectivity index is 1.40. The molecule has 4 rings (SSSR count). The van der Waals surface area contributed by atoms with Gasteiger partial charge in [0.1, 0.15) is 0 Å². The maximum absolute atomic E-state index is 13.0. The highest BCUT2D eigenvalue weighted by molar-refractivity contribution is 7.13. The average molecular weight is 342 g/mol. The summed E-state index contributed by atoms with van der Waals surface area (Å²) in [5.74, 6) is 0.225. The molecule has 2 aliphatic rings. The highest BCUT2D eigenvalue weighted by Gasteiger charge is 2.32. The number of fused-ring (bicyclic) bond motifs is 1. The molecule has 2 aromatic rings. The van der Waals surface area contributed by atoms with E-state index >= 15 is 0 Å². The minimum Gasteiger partial charge on any atom is -0.346 e. The van der Waals surface area contributed by atoms with E-state index < -0.39 is 0 Å². The van der Waals surface area contributed by atoms with E-state index in [1.54, 1.807) is 11.3 Å². The lowest BCUT2D eigenvalue weighted by molar-refractivity contribution is -0.123. The van der Waals surface area contributed by atoms with Crippen LogP contribution >= 0.6 is 11.3 Å². The molecular weight excluding hydrogens is 320 g/mol. The first-order chi connectivity index (χ1) is 11.7. The van der Waals surface area contributed by atoms with Crippen LogP contribution in [-0.2, 0) is 11.2 Å². The molecule has 1 atom stereocenters. The fourth-order valence-corrected chi connectivity index (χ4v) is 4.32. The second-order valence-electron chi connectivity index (χ2n) is 6.38. The van der Waals surface area contributed by atoms with Gasteiger partial charge in [-0.15, -0.1) is 11.3 Å². The molecule has 0 spiro atoms. The predicted molar refractivity (Wildman–Crippen MR) is 97.9 cm³/mol. The van der Waals surface area contributed by atoms with E-state index in [0.29, 0.717) is 0 Å². The normalized spacial score (nSPS) is 19.4. The van der Waals surface area contributed by atoms with Crippen LogP contribution in [0.1, 0.15) is 12.5 Å². The van der Waals surface area contributed by atoms with Crippen LogP contribution in [0, 0.1) is 0 Å². The number of rotatable bonds is 3. The van der Waals surface area contributed by atoms with Gasteiger partial charge in [-0.05, 0) is 25.0 Å². The summed E-state index contributed by atoms with van der Waals surface area (Å²) in [6, 6.07) is 8.18. The summed E-state index contributed by atoms with van der Waals surface area (Å²) >= 11 is 1.68. The maximum atomic E-state index is 13.0. The van der Waals surface area contributed by atoms with Crippen molar-refractivity contribution in [2.75, 3.05) is 42.5 Å². The van der Waals surface area contributed by atoms with E-state index in [2.05, 4.69) is 26.9 Å². The van der Waals surface area contributed by atoms with Gasteiger partial charge in [0.25, 0.3) is 0 Å². The fourth-order valence-electron chi connectivity index (χ4n) is 3.62. The Kier molecular flexibility index (Phi) is 4.24. The van der Waals surface area contributed by atoms with Gasteiger partial charge in [-0.25, -0.2) is 4.98 Å². The predicted octanol–water partition coefficient (Wildman–Crippen LogP) is 2.24. The molecule has 2 aliphatic heterocycles. The number of anilines is 2. The Morgan fingerprint density at radius 1 is 1.17 bits per heavy atom. The summed E-state index contributed by atoms with van der Waals surface area (Å²) in [6.07, 6.45) is 2.82. The smallest absolute Gasteiger partial charge is 0.244 e. The third-order valence-electron chi connectivity index (χ3n) is 5.06. The minimum atomic E-state index is -0.0744. The lowest BCUT2D eigenvalue weighted by atomic mass is 10.1. The van der Waals surface area contributed by atoms with E-state index in [0.717, 1.165) is 50.0 Å². The van der Waals surface area contributed by atoms with Gasteiger partial charge in [-0.3, -0.25) is 9.69 Å². The van der Waals surface area contributed by atoms with Crippen LogP contribution < -0.4 is 9.80 Å². The fraction of sp³-hybridized carbons (Fsp3) is 0.444. The van der Waals surface area contributed by atoms with Gasteiger partial charge >= 0.3 is 0 Å². The molecule has 1 unspecified atom stereocenters. The lowest BCUT2D eigenvalue weighted by Crippen LogP contribution is -2.54. The number of hydrogen-bond acceptors (Lipinski definition) is 5. The van der Waals surface area contributed by atoms with Gasteiger partial charge in [0.05, 0.1) is 6.04 Å². The van der Waals surface area contributed by atoms with Gasteiger partial charge in [0, 0.05) is 50.0 Å². The molecule has 0 N–H and O–H groups in total. The summed E-state index contributed by atoms with van der Waals surface area (Å²) in [5, 5.41) is 3.10. The number of para-hydroxylation sites is 1. The van der Waals surface area contributed by atoms with Crippen molar-refractivity contribution in [3.63, 3.8) is 0 Å². The van der Waals surface area contributed by atoms with Gasteiger partial charge in [0.15, 0.2) is 5.13 Å². The highest BCUT2D eigenvalue weighted by atomic mass is 32.1. The second-order valence-corrected chi connectivity index (χ2v) is 7.26. The number of aromatic nitrogens is 1. The number of amides is 1. The van der Waals surface area contributed by atoms with Gasteiger partial charge in [-0.1, -0.05) is 18.2 Å². The Bertz CT molecular complexity index is 710. The first kappa shape index (κ1) is 15.6. The van der Waals surface area contributed by atoms with E-state index in [-0.39, 0.29) is 11.9 Å². The molecule has 1 fully saturated rings. The van der Waals surface area contributed by atoms with Crippen molar-refractivity contribution in [2.24, 2.45) is 0 Å². The third-order valence-corrected chi connectivity index (χ3v) is 5.89. The highest BCUT2D eigenvalue weighted by Crippen LogP contribution is 2.28. The van der Waals surface area contributed by atoms with Crippen molar-refractivity contribution < 1.29 is 4.79 Å². The van der Waals surface area contributed by atoms with Crippen molar-refractivity contribution in [1.29, 1.82) is 0 Å². The lowest BCUT2D eigenvalue weighted by Gasteiger charge is -2.38. The van der Waals surface area contributed by atoms with Crippen LogP contribution in [0.4, 0.5) is 10.8 Å². The van der Waals surface area contributed by atoms with E-state index in [4.69, 9.17) is 0 Å². The Morgan fingerprint density at radius 3 is 2.71 bits per heavy atom. The van der Waals surface area contributed by atoms with Crippen LogP contribution in [0.3, 0.4) is 0 Å². The molecule has 3 heterocycles. The standard InChI is InChI=1S/C18H22N4OS/c1-14(17(23)22-8-6-15-4-2-3-5-16(15)22)20-9-11-21(12-10-20)18-19-7-13-24-18/h2-5,7,13-14H,6,8-12H2,1H3. The molecular formula is C18H22N4OS. The Morgan fingerprint density at radius 2 is 1.96 bits per heavy atom. The molecule has 126 valence electrons. The van der Waals surface area contributed by atoms with Crippen molar-refractivity contribution in [2.45, 2.75) is 19.4 Å². The molecule has 0 bridgehead atoms. The van der Waals surface area contributed by atoms with Crippen LogP contribution in [-0.4, -0.2) is 54.6 Å². The summed E-state index contributed by atoms with van der Waals surface area (Å²) < 4.78 is 0. The maximum Gasteiger partial charge on any atom is 0.244 e. The summed E-state index contributed by atoms with van der Waals surface area (Å²) in [6.45, 7) is 6.53. The summed E-state index contributed by atoms with van der Waals surface area (Å²) in [4.78, 5) is 23.9. The first-order valence-corrected chi connectivity index (χ1v) is 9.40. The Labute approximate surface area is 146 Å². The van der Waals surface area contributed by atoms with Crippen molar-refractivity contribution in [3.8, 4) is 0 Å². The third kappa shape index (κ3) is 2.80. The number of nitrogens with zero attached hydrogens (tertiary/aromatic N) is 4. The zero-order chi connectivity index (χ0) is 16.5. The Hall–Kier alpha value is -1.92. The number of piperazine rings is 1. The van der Waals surface area contributed by atoms with Crippen molar-refractivity contribution in [3.05, 3.63) is 41.4 Å². The quantitative estimate of drug-likeness (QED) is 0.858. The minimum absolute atomic E-state index is 0.0744. The topological polar surface area (TPSA) is 39.7 Å². The van der Waals surface area contributed by atoms with E-state index in [1.807, 2.05) is 35.5 Å². The molecule has 1 aromatic heterocycles. The van der Waals surface area contributed by atoms with Crippen LogP contribution in [0.25, 0.3) is 0 Å². The molecule has 0 aliphatic carbocycles. The number of carbonyl (C=O) groups is 1. The van der Waals surface area contributed by atoms with E-state index in [9.17, 15) is 4.79 Å². The number of carbonyl (C=O) groups excluding carboxylic acids is 1. The van der Waals surface area contributed by atoms with Crippen LogP contribution in [0.5, 0.6) is 0 Å². The first-order valence-electron chi connectivity index (χ1n) is 8.52. The van der Waals surface area contributed by atoms with E-state index in [1.165, 1.54) is 5.56 Å². The summed E-state index contributed by atoms with van der Waals surface area (Å²) in [7, 11) is 0. The molecule has 1 saturated heterocycles. The van der Waals surface area contributed by atoms with Crippen molar-refractivity contribution in [1.82, 2.24) is 9.88 Å². The molecule has 1 amide bonds. The number of benzene rings is 1. The summed E-state index contributed by atoms with van der Waals surface area (Å²) in [5.41, 5.74) is 2.38. The van der Waals surface area contributed by atoms with Crippen LogP contribution in [0.15, 0.2) is 35.8 Å². The van der Waals surface area contributed by atoms with Gasteiger partial charge in [0.2, 0.25) is 5.91 Å². The van der Waals surface area contributed by atoms with Gasteiger partial charge in [-0.2, -0.15) is 0 Å². The van der Waals surface area contributed by atoms with Crippen LogP contribution in [0.2, 0.25) is 0 Å². The number of thiazole rings is 1. The molecule has 24 heavy (non-hydrogen) atoms.